The first-order valence-corrected chi connectivity index (χ1v) is 10.8. The Morgan fingerprint density at radius 1 is 0.879 bits per heavy atom. The summed E-state index contributed by atoms with van der Waals surface area (Å²) in [6, 6.07) is 21.2. The van der Waals surface area contributed by atoms with Crippen molar-refractivity contribution in [2.45, 2.75) is 25.8 Å². The second kappa shape index (κ2) is 10.8. The van der Waals surface area contributed by atoms with Gasteiger partial charge in [-0.15, -0.1) is 0 Å². The van der Waals surface area contributed by atoms with Crippen molar-refractivity contribution in [2.24, 2.45) is 5.92 Å². The first-order valence-electron chi connectivity index (χ1n) is 10.4. The molecule has 1 unspecified atom stereocenters. The molecule has 33 heavy (non-hydrogen) atoms. The molecule has 0 radical (unpaired) electrons. The van der Waals surface area contributed by atoms with E-state index in [0.717, 1.165) is 16.7 Å². The van der Waals surface area contributed by atoms with Crippen LogP contribution < -0.4 is 5.32 Å². The summed E-state index contributed by atoms with van der Waals surface area (Å²) in [5.74, 6) is -3.33. The Hall–Kier alpha value is -3.64. The molecule has 0 heterocycles. The maximum absolute atomic E-state index is 12.9. The fourth-order valence-corrected chi connectivity index (χ4v) is 3.82. The molecule has 170 valence electrons. The molecule has 3 aromatic carbocycles. The number of carbonyl (C=O) groups is 3. The van der Waals surface area contributed by atoms with Crippen LogP contribution in [-0.4, -0.2) is 34.1 Å². The van der Waals surface area contributed by atoms with Crippen molar-refractivity contribution in [1.82, 2.24) is 5.32 Å². The zero-order valence-corrected chi connectivity index (χ0v) is 18.8. The average molecular weight is 466 g/mol. The second-order valence-electron chi connectivity index (χ2n) is 7.95. The Bertz CT molecular complexity index is 1150. The molecule has 0 saturated heterocycles. The van der Waals surface area contributed by atoms with E-state index in [-0.39, 0.29) is 22.6 Å². The number of hydrogen-bond acceptors (Lipinski definition) is 3. The number of hydrogen-bond donors (Lipinski definition) is 3. The standard InChI is InChI=1S/C26H24ClNO5/c1-16(25(30)31)11-23(28-24(29)20-13-21(26(32)33)15-22(27)14-20)12-17-7-9-19(10-8-17)18-5-3-2-4-6-18/h2-10,13-16,23H,11-12H2,1H3,(H,28,29)(H,30,31)(H,32,33)/t16-,23?/m1/s1. The van der Waals surface area contributed by atoms with Crippen LogP contribution in [0.15, 0.2) is 72.8 Å². The monoisotopic (exact) mass is 465 g/mol. The van der Waals surface area contributed by atoms with Gasteiger partial charge in [-0.3, -0.25) is 9.59 Å². The van der Waals surface area contributed by atoms with E-state index in [1.807, 2.05) is 54.6 Å². The number of amides is 1. The minimum absolute atomic E-state index is 0.0976. The third kappa shape index (κ3) is 6.67. The SMILES string of the molecule is C[C@H](CC(Cc1ccc(-c2ccccc2)cc1)NC(=O)c1cc(Cl)cc(C(=O)O)c1)C(=O)O. The molecule has 0 aromatic heterocycles. The van der Waals surface area contributed by atoms with E-state index in [2.05, 4.69) is 5.32 Å². The Balaban J connectivity index is 1.79. The summed E-state index contributed by atoms with van der Waals surface area (Å²) < 4.78 is 0. The summed E-state index contributed by atoms with van der Waals surface area (Å²) in [6.07, 6.45) is 0.638. The highest BCUT2D eigenvalue weighted by Crippen LogP contribution is 2.21. The number of halogens is 1. The van der Waals surface area contributed by atoms with E-state index in [9.17, 15) is 24.6 Å². The van der Waals surface area contributed by atoms with Crippen molar-refractivity contribution in [1.29, 1.82) is 0 Å². The number of nitrogens with one attached hydrogen (secondary N) is 1. The lowest BCUT2D eigenvalue weighted by atomic mass is 9.94. The minimum atomic E-state index is -1.19. The normalized spacial score (nSPS) is 12.5. The van der Waals surface area contributed by atoms with Gasteiger partial charge in [0, 0.05) is 16.6 Å². The lowest BCUT2D eigenvalue weighted by Gasteiger charge is -2.21. The highest BCUT2D eigenvalue weighted by molar-refractivity contribution is 6.31. The zero-order valence-electron chi connectivity index (χ0n) is 18.0. The number of carbonyl (C=O) groups excluding carboxylic acids is 1. The molecule has 0 bridgehead atoms. The molecule has 1 amide bonds. The molecule has 0 aliphatic rings. The topological polar surface area (TPSA) is 104 Å². The van der Waals surface area contributed by atoms with E-state index >= 15 is 0 Å². The fourth-order valence-electron chi connectivity index (χ4n) is 3.58. The van der Waals surface area contributed by atoms with Crippen molar-refractivity contribution in [3.8, 4) is 11.1 Å². The summed E-state index contributed by atoms with van der Waals surface area (Å²) in [7, 11) is 0. The summed E-state index contributed by atoms with van der Waals surface area (Å²) in [5.41, 5.74) is 3.09. The molecule has 3 N–H and O–H groups in total. The number of benzene rings is 3. The van der Waals surface area contributed by atoms with Crippen LogP contribution in [0.1, 0.15) is 39.6 Å². The van der Waals surface area contributed by atoms with Gasteiger partial charge in [0.2, 0.25) is 0 Å². The highest BCUT2D eigenvalue weighted by atomic mass is 35.5. The van der Waals surface area contributed by atoms with Gasteiger partial charge in [-0.25, -0.2) is 4.79 Å². The molecule has 3 aromatic rings. The molecule has 0 spiro atoms. The van der Waals surface area contributed by atoms with E-state index in [4.69, 9.17) is 11.6 Å². The van der Waals surface area contributed by atoms with Crippen LogP contribution >= 0.6 is 11.6 Å². The van der Waals surface area contributed by atoms with Crippen molar-refractivity contribution < 1.29 is 24.6 Å². The van der Waals surface area contributed by atoms with E-state index in [0.29, 0.717) is 6.42 Å². The number of aliphatic carboxylic acids is 1. The van der Waals surface area contributed by atoms with Gasteiger partial charge in [0.15, 0.2) is 0 Å². The van der Waals surface area contributed by atoms with Gasteiger partial charge in [0.1, 0.15) is 0 Å². The lowest BCUT2D eigenvalue weighted by molar-refractivity contribution is -0.141. The maximum Gasteiger partial charge on any atom is 0.335 e. The second-order valence-corrected chi connectivity index (χ2v) is 8.38. The summed E-state index contributed by atoms with van der Waals surface area (Å²) in [5, 5.41) is 21.6. The number of carboxylic acid groups (broad SMARTS) is 2. The average Bonchev–Trinajstić information content (AvgIpc) is 2.79. The largest absolute Gasteiger partial charge is 0.481 e. The number of carboxylic acids is 2. The highest BCUT2D eigenvalue weighted by Gasteiger charge is 2.22. The van der Waals surface area contributed by atoms with E-state index < -0.39 is 29.8 Å². The maximum atomic E-state index is 12.9. The first-order chi connectivity index (χ1) is 15.7. The summed E-state index contributed by atoms with van der Waals surface area (Å²) in [6.45, 7) is 1.59. The van der Waals surface area contributed by atoms with Gasteiger partial charge in [-0.2, -0.15) is 0 Å². The zero-order chi connectivity index (χ0) is 24.0. The Morgan fingerprint density at radius 2 is 1.48 bits per heavy atom. The first kappa shape index (κ1) is 24.0. The van der Waals surface area contributed by atoms with Crippen molar-refractivity contribution in [3.63, 3.8) is 0 Å². The van der Waals surface area contributed by atoms with Gasteiger partial charge >= 0.3 is 11.9 Å². The smallest absolute Gasteiger partial charge is 0.335 e. The van der Waals surface area contributed by atoms with Gasteiger partial charge < -0.3 is 15.5 Å². The van der Waals surface area contributed by atoms with Crippen molar-refractivity contribution in [2.75, 3.05) is 0 Å². The predicted octanol–water partition coefficient (Wildman–Crippen LogP) is 5.16. The Morgan fingerprint density at radius 3 is 2.09 bits per heavy atom. The molecule has 0 aliphatic carbocycles. The van der Waals surface area contributed by atoms with Crippen LogP contribution in [0.5, 0.6) is 0 Å². The predicted molar refractivity (Wildman–Crippen MR) is 127 cm³/mol. The van der Waals surface area contributed by atoms with Gasteiger partial charge in [-0.1, -0.05) is 73.1 Å². The molecular weight excluding hydrogens is 442 g/mol. The van der Waals surface area contributed by atoms with Crippen molar-refractivity contribution >= 4 is 29.4 Å². The minimum Gasteiger partial charge on any atom is -0.481 e. The molecule has 0 fully saturated rings. The third-order valence-corrected chi connectivity index (χ3v) is 5.56. The summed E-state index contributed by atoms with van der Waals surface area (Å²) in [4.78, 5) is 35.6. The van der Waals surface area contributed by atoms with Crippen LogP contribution in [0.25, 0.3) is 11.1 Å². The quantitative estimate of drug-likeness (QED) is 0.405. The molecule has 2 atom stereocenters. The van der Waals surface area contributed by atoms with E-state index in [1.165, 1.54) is 18.2 Å². The molecule has 0 saturated carbocycles. The van der Waals surface area contributed by atoms with Gasteiger partial charge in [0.25, 0.3) is 5.91 Å². The van der Waals surface area contributed by atoms with Crippen LogP contribution in [0, 0.1) is 5.92 Å². The number of rotatable bonds is 9. The van der Waals surface area contributed by atoms with E-state index in [1.54, 1.807) is 6.92 Å². The Labute approximate surface area is 196 Å². The van der Waals surface area contributed by atoms with Crippen molar-refractivity contribution in [3.05, 3.63) is 94.5 Å². The number of aromatic carboxylic acids is 1. The van der Waals surface area contributed by atoms with Gasteiger partial charge in [0.05, 0.1) is 11.5 Å². The molecule has 3 rings (SSSR count). The fraction of sp³-hybridized carbons (Fsp3) is 0.192. The third-order valence-electron chi connectivity index (χ3n) is 5.34. The van der Waals surface area contributed by atoms with Gasteiger partial charge in [-0.05, 0) is 47.7 Å². The Kier molecular flexibility index (Phi) is 7.85. The molecule has 7 heteroatoms. The molecular formula is C26H24ClNO5. The van der Waals surface area contributed by atoms with Crippen LogP contribution in [0.3, 0.4) is 0 Å². The van der Waals surface area contributed by atoms with Crippen LogP contribution in [-0.2, 0) is 11.2 Å². The summed E-state index contributed by atoms with van der Waals surface area (Å²) >= 11 is 5.97. The van der Waals surface area contributed by atoms with Crippen LogP contribution in [0.4, 0.5) is 0 Å². The molecule has 6 nitrogen and oxygen atoms in total. The van der Waals surface area contributed by atoms with Crippen LogP contribution in [0.2, 0.25) is 5.02 Å². The molecule has 0 aliphatic heterocycles. The lowest BCUT2D eigenvalue weighted by Crippen LogP contribution is -2.38.